The number of ketones is 1. The van der Waals surface area contributed by atoms with Gasteiger partial charge in [-0.25, -0.2) is 0 Å². The molecule has 0 spiro atoms. The van der Waals surface area contributed by atoms with E-state index < -0.39 is 17.7 Å². The van der Waals surface area contributed by atoms with Crippen molar-refractivity contribution in [2.45, 2.75) is 19.4 Å². The van der Waals surface area contributed by atoms with Crippen LogP contribution >= 0.6 is 23.2 Å². The lowest BCUT2D eigenvalue weighted by Gasteiger charge is -2.25. The number of carbonyl (C=O) groups is 2. The molecule has 2 heterocycles. The van der Waals surface area contributed by atoms with Crippen molar-refractivity contribution in [2.75, 3.05) is 12.0 Å². The number of aryl methyl sites for hydroxylation is 2. The van der Waals surface area contributed by atoms with E-state index in [1.807, 2.05) is 73.3 Å². The number of fused-ring (bicyclic) bond motifs is 1. The van der Waals surface area contributed by atoms with Gasteiger partial charge in [0.1, 0.15) is 5.76 Å². The van der Waals surface area contributed by atoms with Crippen LogP contribution in [0.2, 0.25) is 10.0 Å². The number of amides is 1. The number of benzene rings is 3. The lowest BCUT2D eigenvalue weighted by molar-refractivity contribution is -0.132. The van der Waals surface area contributed by atoms with Crippen LogP contribution in [-0.4, -0.2) is 28.5 Å². The van der Waals surface area contributed by atoms with E-state index in [1.54, 1.807) is 0 Å². The first-order valence-electron chi connectivity index (χ1n) is 11.7. The average molecular weight is 535 g/mol. The summed E-state index contributed by atoms with van der Waals surface area (Å²) >= 11 is 12.7. The van der Waals surface area contributed by atoms with Gasteiger partial charge in [0.05, 0.1) is 28.8 Å². The fourth-order valence-corrected chi connectivity index (χ4v) is 5.56. The van der Waals surface area contributed by atoms with Crippen molar-refractivity contribution in [3.8, 4) is 5.75 Å². The molecular weight excluding hydrogens is 511 g/mol. The Morgan fingerprint density at radius 3 is 2.30 bits per heavy atom. The van der Waals surface area contributed by atoms with Gasteiger partial charge >= 0.3 is 0 Å². The highest BCUT2D eigenvalue weighted by Crippen LogP contribution is 2.45. The molecule has 1 aliphatic heterocycles. The Hall–Kier alpha value is -3.74. The molecule has 1 amide bonds. The summed E-state index contributed by atoms with van der Waals surface area (Å²) in [5.41, 5.74) is 3.47. The highest BCUT2D eigenvalue weighted by atomic mass is 35.5. The van der Waals surface area contributed by atoms with Crippen molar-refractivity contribution in [3.05, 3.63) is 99.2 Å². The maximum absolute atomic E-state index is 13.5. The second-order valence-corrected chi connectivity index (χ2v) is 9.69. The van der Waals surface area contributed by atoms with Crippen LogP contribution in [0.5, 0.6) is 5.75 Å². The highest BCUT2D eigenvalue weighted by Gasteiger charge is 2.48. The Kier molecular flexibility index (Phi) is 6.48. The minimum absolute atomic E-state index is 0.0433. The molecule has 37 heavy (non-hydrogen) atoms. The Morgan fingerprint density at radius 2 is 1.68 bits per heavy atom. The number of aromatic nitrogens is 1. The van der Waals surface area contributed by atoms with Crippen LogP contribution < -0.4 is 9.64 Å². The number of anilines is 1. The first kappa shape index (κ1) is 24.9. The van der Waals surface area contributed by atoms with E-state index in [9.17, 15) is 14.7 Å². The van der Waals surface area contributed by atoms with Crippen LogP contribution in [0.25, 0.3) is 16.7 Å². The number of methoxy groups -OCH3 is 1. The Morgan fingerprint density at radius 1 is 1.03 bits per heavy atom. The van der Waals surface area contributed by atoms with Gasteiger partial charge < -0.3 is 14.4 Å². The fourth-order valence-electron chi connectivity index (χ4n) is 4.92. The van der Waals surface area contributed by atoms with Crippen molar-refractivity contribution in [2.24, 2.45) is 7.05 Å². The van der Waals surface area contributed by atoms with Crippen LogP contribution in [0.1, 0.15) is 29.7 Å². The monoisotopic (exact) mass is 534 g/mol. The number of Topliss-reactive ketones (excluding diaryl/α,β-unsaturated/α-hetero) is 1. The zero-order valence-corrected chi connectivity index (χ0v) is 22.0. The number of rotatable bonds is 5. The predicted molar refractivity (Wildman–Crippen MR) is 147 cm³/mol. The van der Waals surface area contributed by atoms with Crippen molar-refractivity contribution in [3.63, 3.8) is 0 Å². The number of ether oxygens (including phenoxy) is 1. The average Bonchev–Trinajstić information content (AvgIpc) is 3.36. The van der Waals surface area contributed by atoms with E-state index in [1.165, 1.54) is 24.1 Å². The highest BCUT2D eigenvalue weighted by molar-refractivity contribution is 6.52. The third kappa shape index (κ3) is 4.06. The van der Waals surface area contributed by atoms with E-state index in [0.29, 0.717) is 11.3 Å². The SMILES string of the molecule is CCc1ccc(N2C(=O)C(=O)/C(=C(/O)c3cc(Cl)c(OC)c(Cl)c3)C2c2cn(C)c3ccccc23)cc1. The molecule has 1 atom stereocenters. The van der Waals surface area contributed by atoms with E-state index in [2.05, 4.69) is 0 Å². The van der Waals surface area contributed by atoms with Crippen molar-refractivity contribution >= 4 is 57.2 Å². The van der Waals surface area contributed by atoms with E-state index in [4.69, 9.17) is 27.9 Å². The van der Waals surface area contributed by atoms with Crippen LogP contribution in [0, 0.1) is 0 Å². The maximum atomic E-state index is 13.5. The van der Waals surface area contributed by atoms with Crippen molar-refractivity contribution in [1.29, 1.82) is 0 Å². The largest absolute Gasteiger partial charge is 0.507 e. The third-order valence-corrected chi connectivity index (χ3v) is 7.33. The van der Waals surface area contributed by atoms with Crippen LogP contribution in [0.15, 0.2) is 72.4 Å². The number of hydrogen-bond donors (Lipinski definition) is 1. The summed E-state index contributed by atoms with van der Waals surface area (Å²) in [7, 11) is 3.33. The second kappa shape index (κ2) is 9.61. The maximum Gasteiger partial charge on any atom is 0.300 e. The van der Waals surface area contributed by atoms with Crippen molar-refractivity contribution < 1.29 is 19.4 Å². The van der Waals surface area contributed by atoms with Gasteiger partial charge in [0.2, 0.25) is 0 Å². The number of carbonyl (C=O) groups excluding carboxylic acids is 2. The zero-order chi connectivity index (χ0) is 26.4. The molecule has 0 saturated carbocycles. The van der Waals surface area contributed by atoms with E-state index in [-0.39, 0.29) is 32.7 Å². The van der Waals surface area contributed by atoms with Crippen LogP contribution in [0.4, 0.5) is 5.69 Å². The quantitative estimate of drug-likeness (QED) is 0.176. The Balaban J connectivity index is 1.79. The van der Waals surface area contributed by atoms with Gasteiger partial charge in [-0.3, -0.25) is 14.5 Å². The molecule has 3 aromatic carbocycles. The third-order valence-electron chi connectivity index (χ3n) is 6.77. The Bertz CT molecular complexity index is 1560. The van der Waals surface area contributed by atoms with Crippen LogP contribution in [-0.2, 0) is 23.1 Å². The molecule has 1 N–H and O–H groups in total. The minimum Gasteiger partial charge on any atom is -0.507 e. The summed E-state index contributed by atoms with van der Waals surface area (Å²) in [5, 5.41) is 12.7. The summed E-state index contributed by atoms with van der Waals surface area (Å²) in [6.07, 6.45) is 2.72. The topological polar surface area (TPSA) is 71.8 Å². The molecule has 6 nitrogen and oxygen atoms in total. The molecule has 1 aliphatic rings. The molecule has 1 unspecified atom stereocenters. The van der Waals surface area contributed by atoms with Gasteiger partial charge in [0, 0.05) is 41.0 Å². The second-order valence-electron chi connectivity index (χ2n) is 8.87. The summed E-state index contributed by atoms with van der Waals surface area (Å²) in [5.74, 6) is -1.63. The number of para-hydroxylation sites is 1. The van der Waals surface area contributed by atoms with Crippen molar-refractivity contribution in [1.82, 2.24) is 4.57 Å². The lowest BCUT2D eigenvalue weighted by Crippen LogP contribution is -2.29. The molecule has 8 heteroatoms. The molecule has 4 aromatic rings. The smallest absolute Gasteiger partial charge is 0.300 e. The molecule has 5 rings (SSSR count). The molecule has 188 valence electrons. The van der Waals surface area contributed by atoms with E-state index in [0.717, 1.165) is 22.9 Å². The summed E-state index contributed by atoms with van der Waals surface area (Å²) in [6.45, 7) is 2.04. The lowest BCUT2D eigenvalue weighted by atomic mass is 9.94. The summed E-state index contributed by atoms with van der Waals surface area (Å²) in [6, 6.07) is 17.3. The molecule has 1 saturated heterocycles. The summed E-state index contributed by atoms with van der Waals surface area (Å²) < 4.78 is 7.15. The van der Waals surface area contributed by atoms with Gasteiger partial charge in [0.25, 0.3) is 11.7 Å². The molecule has 0 bridgehead atoms. The van der Waals surface area contributed by atoms with Gasteiger partial charge in [-0.15, -0.1) is 0 Å². The number of hydrogen-bond acceptors (Lipinski definition) is 4. The standard InChI is InChI=1S/C29H24Cl2N2O4/c1-4-16-9-11-18(12-10-16)33-25(20-15-32(2)23-8-6-5-7-19(20)23)24(27(35)29(33)36)26(34)17-13-21(30)28(37-3)22(31)14-17/h5-15,25,34H,4H2,1-3H3/b26-24+. The molecule has 0 radical (unpaired) electrons. The molecule has 1 aromatic heterocycles. The Labute approximate surface area is 224 Å². The van der Waals surface area contributed by atoms with Gasteiger partial charge in [0.15, 0.2) is 5.75 Å². The zero-order valence-electron chi connectivity index (χ0n) is 20.5. The van der Waals surface area contributed by atoms with Gasteiger partial charge in [-0.2, -0.15) is 0 Å². The minimum atomic E-state index is -0.877. The normalized spacial score (nSPS) is 17.1. The van der Waals surface area contributed by atoms with Gasteiger partial charge in [-0.1, -0.05) is 60.5 Å². The number of aliphatic hydroxyl groups excluding tert-OH is 1. The van der Waals surface area contributed by atoms with Gasteiger partial charge in [-0.05, 0) is 42.3 Å². The fraction of sp³-hybridized carbons (Fsp3) is 0.172. The number of aliphatic hydroxyl groups is 1. The molecular formula is C29H24Cl2N2O4. The molecule has 0 aliphatic carbocycles. The number of nitrogens with zero attached hydrogens (tertiary/aromatic N) is 2. The van der Waals surface area contributed by atoms with E-state index >= 15 is 0 Å². The predicted octanol–water partition coefficient (Wildman–Crippen LogP) is 6.68. The number of halogens is 2. The molecule has 1 fully saturated rings. The first-order chi connectivity index (χ1) is 17.8. The first-order valence-corrected chi connectivity index (χ1v) is 12.5. The summed E-state index contributed by atoms with van der Waals surface area (Å²) in [4.78, 5) is 28.5. The van der Waals surface area contributed by atoms with Crippen LogP contribution in [0.3, 0.4) is 0 Å².